The van der Waals surface area contributed by atoms with E-state index >= 15 is 0 Å². The van der Waals surface area contributed by atoms with Gasteiger partial charge in [-0.05, 0) is 71.4 Å². The normalized spacial score (nSPS) is 13.7. The Morgan fingerprint density at radius 2 is 1.71 bits per heavy atom. The van der Waals surface area contributed by atoms with Crippen molar-refractivity contribution in [1.29, 1.82) is 0 Å². The second-order valence-electron chi connectivity index (χ2n) is 10.6. The second kappa shape index (κ2) is 14.0. The zero-order valence-electron chi connectivity index (χ0n) is 24.7. The van der Waals surface area contributed by atoms with E-state index in [-0.39, 0.29) is 53.6 Å². The van der Waals surface area contributed by atoms with Crippen LogP contribution in [-0.2, 0) is 13.1 Å². The van der Waals surface area contributed by atoms with Gasteiger partial charge in [0.15, 0.2) is 6.61 Å². The van der Waals surface area contributed by atoms with Crippen molar-refractivity contribution in [1.82, 2.24) is 19.4 Å². The van der Waals surface area contributed by atoms with Crippen LogP contribution in [0.4, 0.5) is 26.3 Å². The van der Waals surface area contributed by atoms with E-state index in [9.17, 15) is 40.7 Å². The SMILES string of the molecule is CC(NC(=O)c1c2n(c(=O)n1-c1ccc(OCC(F)(F)F)cc1)CCN(C(=O)c1ccc(Br)c(Cl)c1)C2)c1ccc(OC(F)F)cc1F. The first-order chi connectivity index (χ1) is 22.6. The van der Waals surface area contributed by atoms with Gasteiger partial charge in [0.25, 0.3) is 11.8 Å². The number of amides is 2. The average molecular weight is 762 g/mol. The van der Waals surface area contributed by atoms with E-state index in [1.165, 1.54) is 46.7 Å². The highest BCUT2D eigenvalue weighted by Gasteiger charge is 2.33. The maximum atomic E-state index is 14.9. The highest BCUT2D eigenvalue weighted by molar-refractivity contribution is 9.10. The minimum absolute atomic E-state index is 0.0139. The monoisotopic (exact) mass is 760 g/mol. The first-order valence-electron chi connectivity index (χ1n) is 14.1. The van der Waals surface area contributed by atoms with Crippen molar-refractivity contribution in [2.24, 2.45) is 0 Å². The number of halogens is 8. The molecule has 1 N–H and O–H groups in total. The predicted octanol–water partition coefficient (Wildman–Crippen LogP) is 6.88. The number of imidazole rings is 1. The zero-order valence-corrected chi connectivity index (χ0v) is 27.0. The molecule has 0 aliphatic carbocycles. The smallest absolute Gasteiger partial charge is 0.422 e. The Hall–Kier alpha value is -4.44. The molecule has 5 rings (SSSR count). The van der Waals surface area contributed by atoms with Crippen LogP contribution in [-0.4, -0.2) is 51.8 Å². The molecule has 1 atom stereocenters. The van der Waals surface area contributed by atoms with E-state index in [0.29, 0.717) is 9.50 Å². The molecular weight excluding hydrogens is 738 g/mol. The van der Waals surface area contributed by atoms with Gasteiger partial charge >= 0.3 is 18.5 Å². The molecule has 1 aliphatic rings. The summed E-state index contributed by atoms with van der Waals surface area (Å²) in [6.07, 6.45) is -4.58. The fourth-order valence-electron chi connectivity index (χ4n) is 5.15. The minimum atomic E-state index is -4.58. The molecule has 2 heterocycles. The van der Waals surface area contributed by atoms with Gasteiger partial charge in [-0.2, -0.15) is 22.0 Å². The van der Waals surface area contributed by atoms with E-state index < -0.39 is 54.5 Å². The fraction of sp³-hybridized carbons (Fsp3) is 0.258. The number of ether oxygens (including phenoxy) is 2. The van der Waals surface area contributed by atoms with E-state index in [1.807, 2.05) is 0 Å². The van der Waals surface area contributed by atoms with Gasteiger partial charge in [0.2, 0.25) is 0 Å². The van der Waals surface area contributed by atoms with Crippen LogP contribution < -0.4 is 20.5 Å². The topological polar surface area (TPSA) is 94.8 Å². The summed E-state index contributed by atoms with van der Waals surface area (Å²) in [6.45, 7) is -3.43. The molecule has 0 radical (unpaired) electrons. The summed E-state index contributed by atoms with van der Waals surface area (Å²) in [5, 5.41) is 2.90. The quantitative estimate of drug-likeness (QED) is 0.188. The average Bonchev–Trinajstić information content (AvgIpc) is 3.32. The number of aromatic nitrogens is 2. The zero-order chi connectivity index (χ0) is 34.9. The highest BCUT2D eigenvalue weighted by atomic mass is 79.9. The Morgan fingerprint density at radius 3 is 2.33 bits per heavy atom. The lowest BCUT2D eigenvalue weighted by Crippen LogP contribution is -2.41. The summed E-state index contributed by atoms with van der Waals surface area (Å²) in [5.74, 6) is -2.82. The molecule has 0 saturated heterocycles. The van der Waals surface area contributed by atoms with Gasteiger partial charge in [0, 0.05) is 34.8 Å². The summed E-state index contributed by atoms with van der Waals surface area (Å²) in [7, 11) is 0. The molecule has 48 heavy (non-hydrogen) atoms. The van der Waals surface area contributed by atoms with Crippen LogP contribution in [0.2, 0.25) is 5.02 Å². The Kier molecular flexibility index (Phi) is 10.1. The molecule has 4 aromatic rings. The van der Waals surface area contributed by atoms with E-state index in [1.54, 1.807) is 12.1 Å². The molecule has 0 bridgehead atoms. The molecule has 2 amide bonds. The van der Waals surface area contributed by atoms with Crippen molar-refractivity contribution in [3.05, 3.63) is 109 Å². The molecule has 17 heteroatoms. The molecule has 1 aromatic heterocycles. The lowest BCUT2D eigenvalue weighted by Gasteiger charge is -2.28. The van der Waals surface area contributed by atoms with Crippen molar-refractivity contribution >= 4 is 39.3 Å². The largest absolute Gasteiger partial charge is 0.484 e. The Balaban J connectivity index is 1.51. The number of fused-ring (bicyclic) bond motifs is 1. The van der Waals surface area contributed by atoms with Crippen molar-refractivity contribution in [3.8, 4) is 17.2 Å². The van der Waals surface area contributed by atoms with Crippen molar-refractivity contribution < 1.29 is 45.4 Å². The molecule has 0 saturated carbocycles. The molecule has 9 nitrogen and oxygen atoms in total. The second-order valence-corrected chi connectivity index (χ2v) is 11.8. The van der Waals surface area contributed by atoms with Gasteiger partial charge in [0.1, 0.15) is 23.0 Å². The lowest BCUT2D eigenvalue weighted by molar-refractivity contribution is -0.153. The number of alkyl halides is 5. The number of nitrogens with zero attached hydrogens (tertiary/aromatic N) is 3. The third-order valence-corrected chi connectivity index (χ3v) is 8.59. The predicted molar refractivity (Wildman–Crippen MR) is 164 cm³/mol. The molecule has 0 spiro atoms. The van der Waals surface area contributed by atoms with Crippen molar-refractivity contribution in [2.45, 2.75) is 38.8 Å². The molecule has 254 valence electrons. The lowest BCUT2D eigenvalue weighted by atomic mass is 10.1. The first-order valence-corrected chi connectivity index (χ1v) is 15.2. The molecule has 1 unspecified atom stereocenters. The van der Waals surface area contributed by atoms with Crippen LogP contribution in [0.15, 0.2) is 69.9 Å². The van der Waals surface area contributed by atoms with Crippen LogP contribution in [0.25, 0.3) is 5.69 Å². The number of hydrogen-bond donors (Lipinski definition) is 1. The Morgan fingerprint density at radius 1 is 1.02 bits per heavy atom. The summed E-state index contributed by atoms with van der Waals surface area (Å²) >= 11 is 9.45. The number of nitrogens with one attached hydrogen (secondary N) is 1. The van der Waals surface area contributed by atoms with Crippen LogP contribution >= 0.6 is 27.5 Å². The fourth-order valence-corrected chi connectivity index (χ4v) is 5.58. The standard InChI is InChI=1S/C31H24BrClF6N4O5/c1-16(21-8-7-20(13-24(21)34)48-29(35)36)40-27(44)26-25-14-41(28(45)17-2-9-22(32)23(33)12-17)10-11-42(25)30(46)43(26)18-3-5-19(6-4-18)47-15-31(37,38)39/h2-9,12-13,16,29H,10-11,14-15H2,1H3,(H,40,44). The molecule has 0 fully saturated rings. The molecule has 1 aliphatic heterocycles. The molecular formula is C31H24BrClF6N4O5. The maximum Gasteiger partial charge on any atom is 0.422 e. The number of carbonyl (C=O) groups excluding carboxylic acids is 2. The van der Waals surface area contributed by atoms with E-state index in [4.69, 9.17) is 16.3 Å². The maximum absolute atomic E-state index is 14.9. The van der Waals surface area contributed by atoms with Crippen LogP contribution in [0, 0.1) is 5.82 Å². The number of rotatable bonds is 9. The summed E-state index contributed by atoms with van der Waals surface area (Å²) in [4.78, 5) is 42.5. The number of carbonyl (C=O) groups is 2. The summed E-state index contributed by atoms with van der Waals surface area (Å²) < 4.78 is 89.9. The van der Waals surface area contributed by atoms with Gasteiger partial charge in [-0.3, -0.25) is 18.7 Å². The van der Waals surface area contributed by atoms with Gasteiger partial charge in [-0.25, -0.2) is 9.18 Å². The minimum Gasteiger partial charge on any atom is -0.484 e. The van der Waals surface area contributed by atoms with Crippen molar-refractivity contribution in [2.75, 3.05) is 13.2 Å². The Labute approximate surface area is 281 Å². The van der Waals surface area contributed by atoms with E-state index in [2.05, 4.69) is 26.0 Å². The van der Waals surface area contributed by atoms with Gasteiger partial charge in [0.05, 0.1) is 29.0 Å². The van der Waals surface area contributed by atoms with Crippen LogP contribution in [0.1, 0.15) is 45.1 Å². The summed E-state index contributed by atoms with van der Waals surface area (Å²) in [6, 6.07) is 11.5. The van der Waals surface area contributed by atoms with Crippen molar-refractivity contribution in [3.63, 3.8) is 0 Å². The van der Waals surface area contributed by atoms with Gasteiger partial charge < -0.3 is 19.7 Å². The highest BCUT2D eigenvalue weighted by Crippen LogP contribution is 2.28. The number of benzene rings is 3. The first kappa shape index (κ1) is 34.9. The summed E-state index contributed by atoms with van der Waals surface area (Å²) in [5.41, 5.74) is -0.503. The number of hydrogen-bond acceptors (Lipinski definition) is 5. The third-order valence-electron chi connectivity index (χ3n) is 7.36. The van der Waals surface area contributed by atoms with E-state index in [0.717, 1.165) is 22.8 Å². The van der Waals surface area contributed by atoms with Crippen LogP contribution in [0.3, 0.4) is 0 Å². The Bertz CT molecular complexity index is 1910. The van der Waals surface area contributed by atoms with Gasteiger partial charge in [-0.15, -0.1) is 0 Å². The van der Waals surface area contributed by atoms with Gasteiger partial charge in [-0.1, -0.05) is 17.7 Å². The van der Waals surface area contributed by atoms with Crippen LogP contribution in [0.5, 0.6) is 11.5 Å². The molecule has 3 aromatic carbocycles. The third kappa shape index (κ3) is 7.65.